The number of rotatable bonds is 2. The fourth-order valence-electron chi connectivity index (χ4n) is 0.711. The first-order valence-electron chi connectivity index (χ1n) is 3.31. The number of nitrogens with two attached hydrogens (primary N) is 1. The van der Waals surface area contributed by atoms with Gasteiger partial charge in [-0.2, -0.15) is 0 Å². The number of ether oxygens (including phenoxy) is 1. The van der Waals surface area contributed by atoms with Gasteiger partial charge in [-0.15, -0.1) is 0 Å². The molecule has 1 aromatic rings. The Labute approximate surface area is 91.7 Å². The van der Waals surface area contributed by atoms with Crippen molar-refractivity contribution in [2.75, 3.05) is 0 Å². The van der Waals surface area contributed by atoms with Gasteiger partial charge in [0.1, 0.15) is 11.2 Å². The Morgan fingerprint density at radius 1 is 1.62 bits per heavy atom. The third-order valence-electron chi connectivity index (χ3n) is 1.27. The zero-order valence-corrected chi connectivity index (χ0v) is 9.63. The van der Waals surface area contributed by atoms with E-state index >= 15 is 0 Å². The number of halogens is 2. The van der Waals surface area contributed by atoms with Crippen molar-refractivity contribution in [3.8, 4) is 0 Å². The van der Waals surface area contributed by atoms with Crippen LogP contribution in [-0.4, -0.2) is 11.1 Å². The summed E-state index contributed by atoms with van der Waals surface area (Å²) < 4.78 is 6.08. The van der Waals surface area contributed by atoms with E-state index < -0.39 is 6.09 Å². The molecule has 6 heteroatoms. The minimum atomic E-state index is -0.792. The minimum Gasteiger partial charge on any atom is -0.445 e. The van der Waals surface area contributed by atoms with Gasteiger partial charge in [-0.1, -0.05) is 0 Å². The van der Waals surface area contributed by atoms with Gasteiger partial charge in [0.25, 0.3) is 0 Å². The zero-order chi connectivity index (χ0) is 9.84. The number of amides is 1. The summed E-state index contributed by atoms with van der Waals surface area (Å²) in [6, 6.07) is 1.74. The molecule has 1 amide bonds. The molecule has 0 saturated carbocycles. The van der Waals surface area contributed by atoms with Crippen molar-refractivity contribution in [3.63, 3.8) is 0 Å². The molecule has 1 rings (SSSR count). The Morgan fingerprint density at radius 3 is 2.92 bits per heavy atom. The van der Waals surface area contributed by atoms with Crippen LogP contribution in [0.5, 0.6) is 0 Å². The smallest absolute Gasteiger partial charge is 0.404 e. The number of hydrogen-bond donors (Lipinski definition) is 1. The van der Waals surface area contributed by atoms with Crippen LogP contribution in [0, 0.1) is 0 Å². The van der Waals surface area contributed by atoms with Crippen molar-refractivity contribution in [2.24, 2.45) is 5.73 Å². The first-order chi connectivity index (χ1) is 6.09. The fraction of sp³-hybridized carbons (Fsp3) is 0.143. The molecule has 0 unspecified atom stereocenters. The average Bonchev–Trinajstić information content (AvgIpc) is 2.06. The zero-order valence-electron chi connectivity index (χ0n) is 6.46. The third kappa shape index (κ3) is 3.31. The number of pyridine rings is 1. The first kappa shape index (κ1) is 10.5. The van der Waals surface area contributed by atoms with Gasteiger partial charge in [0.2, 0.25) is 0 Å². The molecular weight excluding hydrogens is 304 g/mol. The van der Waals surface area contributed by atoms with Gasteiger partial charge in [-0.3, -0.25) is 0 Å². The molecule has 70 valence electrons. The van der Waals surface area contributed by atoms with Gasteiger partial charge in [0.15, 0.2) is 0 Å². The molecule has 0 aromatic carbocycles. The predicted octanol–water partition coefficient (Wildman–Crippen LogP) is 2.20. The highest BCUT2D eigenvalue weighted by Crippen LogP contribution is 2.19. The van der Waals surface area contributed by atoms with Crippen LogP contribution in [0.2, 0.25) is 0 Å². The lowest BCUT2D eigenvalue weighted by molar-refractivity contribution is 0.150. The number of nitrogens with zero attached hydrogens (tertiary/aromatic N) is 1. The maximum Gasteiger partial charge on any atom is 0.404 e. The Balaban J connectivity index is 2.75. The van der Waals surface area contributed by atoms with Crippen LogP contribution in [-0.2, 0) is 11.3 Å². The van der Waals surface area contributed by atoms with E-state index in [0.717, 1.165) is 10.0 Å². The number of primary amides is 1. The first-order valence-corrected chi connectivity index (χ1v) is 4.90. The molecule has 0 aliphatic carbocycles. The molecule has 0 bridgehead atoms. The second-order valence-corrected chi connectivity index (χ2v) is 3.87. The molecule has 0 radical (unpaired) electrons. The fourth-order valence-corrected chi connectivity index (χ4v) is 1.42. The van der Waals surface area contributed by atoms with Crippen LogP contribution in [0.15, 0.2) is 21.3 Å². The lowest BCUT2D eigenvalue weighted by atomic mass is 10.3. The van der Waals surface area contributed by atoms with Gasteiger partial charge in [0.05, 0.1) is 0 Å². The summed E-state index contributed by atoms with van der Waals surface area (Å²) in [5, 5.41) is 0. The predicted molar refractivity (Wildman–Crippen MR) is 54.0 cm³/mol. The summed E-state index contributed by atoms with van der Waals surface area (Å²) in [7, 11) is 0. The molecular formula is C7H6Br2N2O2. The molecule has 0 saturated heterocycles. The van der Waals surface area contributed by atoms with Gasteiger partial charge in [-0.25, -0.2) is 9.78 Å². The highest BCUT2D eigenvalue weighted by molar-refractivity contribution is 9.11. The van der Waals surface area contributed by atoms with Gasteiger partial charge in [-0.05, 0) is 37.9 Å². The monoisotopic (exact) mass is 308 g/mol. The van der Waals surface area contributed by atoms with Gasteiger partial charge >= 0.3 is 6.09 Å². The van der Waals surface area contributed by atoms with E-state index in [9.17, 15) is 4.79 Å². The van der Waals surface area contributed by atoms with Crippen molar-refractivity contribution >= 4 is 38.0 Å². The summed E-state index contributed by atoms with van der Waals surface area (Å²) in [5.41, 5.74) is 5.63. The summed E-state index contributed by atoms with van der Waals surface area (Å²) >= 11 is 6.46. The lowest BCUT2D eigenvalue weighted by Crippen LogP contribution is -2.12. The van der Waals surface area contributed by atoms with Crippen molar-refractivity contribution in [1.82, 2.24) is 4.98 Å². The number of carbonyl (C=O) groups excluding carboxylic acids is 1. The topological polar surface area (TPSA) is 65.2 Å². The maximum atomic E-state index is 10.3. The molecule has 0 aliphatic rings. The molecule has 0 aliphatic heterocycles. The van der Waals surface area contributed by atoms with E-state index in [0.29, 0.717) is 4.60 Å². The Kier molecular flexibility index (Phi) is 3.68. The van der Waals surface area contributed by atoms with Crippen LogP contribution in [0.25, 0.3) is 0 Å². The summed E-state index contributed by atoms with van der Waals surface area (Å²) in [6.07, 6.45) is 0.823. The Morgan fingerprint density at radius 2 is 2.31 bits per heavy atom. The SMILES string of the molecule is NC(=O)OCc1cc(Br)ncc1Br. The Bertz CT molecular complexity index is 330. The number of aromatic nitrogens is 1. The highest BCUT2D eigenvalue weighted by atomic mass is 79.9. The standard InChI is InChI=1S/C7H6Br2N2O2/c8-5-2-11-6(9)1-4(5)3-13-7(10)12/h1-2H,3H2,(H2,10,12). The van der Waals surface area contributed by atoms with Gasteiger partial charge < -0.3 is 10.5 Å². The number of hydrogen-bond acceptors (Lipinski definition) is 3. The van der Waals surface area contributed by atoms with E-state index in [1.165, 1.54) is 0 Å². The molecule has 0 atom stereocenters. The normalized spacial score (nSPS) is 9.69. The van der Waals surface area contributed by atoms with Crippen LogP contribution < -0.4 is 5.73 Å². The average molecular weight is 310 g/mol. The van der Waals surface area contributed by atoms with Crippen molar-refractivity contribution < 1.29 is 9.53 Å². The molecule has 0 spiro atoms. The van der Waals surface area contributed by atoms with E-state index in [1.54, 1.807) is 12.3 Å². The molecule has 1 heterocycles. The molecule has 13 heavy (non-hydrogen) atoms. The van der Waals surface area contributed by atoms with Crippen LogP contribution >= 0.6 is 31.9 Å². The van der Waals surface area contributed by atoms with E-state index in [1.807, 2.05) is 0 Å². The van der Waals surface area contributed by atoms with Crippen LogP contribution in [0.3, 0.4) is 0 Å². The van der Waals surface area contributed by atoms with Crippen molar-refractivity contribution in [1.29, 1.82) is 0 Å². The van der Waals surface area contributed by atoms with Crippen LogP contribution in [0.4, 0.5) is 4.79 Å². The van der Waals surface area contributed by atoms with E-state index in [-0.39, 0.29) is 6.61 Å². The minimum absolute atomic E-state index is 0.136. The van der Waals surface area contributed by atoms with Crippen molar-refractivity contribution in [2.45, 2.75) is 6.61 Å². The molecule has 4 nitrogen and oxygen atoms in total. The van der Waals surface area contributed by atoms with E-state index in [4.69, 9.17) is 5.73 Å². The maximum absolute atomic E-state index is 10.3. The quantitative estimate of drug-likeness (QED) is 0.852. The third-order valence-corrected chi connectivity index (χ3v) is 2.42. The second kappa shape index (κ2) is 4.57. The lowest BCUT2D eigenvalue weighted by Gasteiger charge is -2.03. The van der Waals surface area contributed by atoms with Crippen LogP contribution in [0.1, 0.15) is 5.56 Å². The summed E-state index contributed by atoms with van der Waals surface area (Å²) in [6.45, 7) is 0.136. The highest BCUT2D eigenvalue weighted by Gasteiger charge is 2.03. The van der Waals surface area contributed by atoms with E-state index in [2.05, 4.69) is 41.6 Å². The Hall–Kier alpha value is -0.620. The molecule has 1 aromatic heterocycles. The summed E-state index contributed by atoms with van der Waals surface area (Å²) in [5.74, 6) is 0. The van der Waals surface area contributed by atoms with Crippen molar-refractivity contribution in [3.05, 3.63) is 26.9 Å². The summed E-state index contributed by atoms with van der Waals surface area (Å²) in [4.78, 5) is 14.3. The molecule has 0 fully saturated rings. The largest absolute Gasteiger partial charge is 0.445 e. The second-order valence-electron chi connectivity index (χ2n) is 2.21. The number of carbonyl (C=O) groups is 1. The van der Waals surface area contributed by atoms with Gasteiger partial charge in [0, 0.05) is 16.2 Å². The molecule has 2 N–H and O–H groups in total.